The van der Waals surface area contributed by atoms with Gasteiger partial charge in [0.05, 0.1) is 6.04 Å². The first kappa shape index (κ1) is 17.9. The molecule has 0 radical (unpaired) electrons. The molecule has 0 heterocycles. The minimum atomic E-state index is -0.0759. The van der Waals surface area contributed by atoms with Crippen molar-refractivity contribution in [1.29, 1.82) is 0 Å². The second-order valence-corrected chi connectivity index (χ2v) is 7.02. The van der Waals surface area contributed by atoms with E-state index in [1.165, 1.54) is 0 Å². The third kappa shape index (κ3) is 6.21. The first-order valence-corrected chi connectivity index (χ1v) is 8.12. The van der Waals surface area contributed by atoms with E-state index >= 15 is 0 Å². The van der Waals surface area contributed by atoms with Gasteiger partial charge in [-0.2, -0.15) is 11.8 Å². The summed E-state index contributed by atoms with van der Waals surface area (Å²) in [5.41, 5.74) is 5.61. The largest absolute Gasteiger partial charge is 0.330 e. The van der Waals surface area contributed by atoms with E-state index in [0.717, 1.165) is 19.4 Å². The fourth-order valence-electron chi connectivity index (χ4n) is 1.83. The van der Waals surface area contributed by atoms with Crippen molar-refractivity contribution in [2.45, 2.75) is 57.7 Å². The van der Waals surface area contributed by atoms with Gasteiger partial charge < -0.3 is 11.1 Å². The number of hydrogen-bond donors (Lipinski definition) is 2. The Bertz CT molecular complexity index is 244. The van der Waals surface area contributed by atoms with E-state index < -0.39 is 0 Å². The van der Waals surface area contributed by atoms with E-state index in [1.807, 2.05) is 6.92 Å². The molecule has 108 valence electrons. The summed E-state index contributed by atoms with van der Waals surface area (Å²) >= 11 is 1.74. The van der Waals surface area contributed by atoms with Crippen molar-refractivity contribution in [3.05, 3.63) is 0 Å². The number of carbonyl (C=O) groups excluding carboxylic acids is 1. The van der Waals surface area contributed by atoms with Crippen LogP contribution in [0.25, 0.3) is 0 Å². The maximum atomic E-state index is 12.4. The number of ketones is 1. The molecule has 0 amide bonds. The van der Waals surface area contributed by atoms with E-state index in [1.54, 1.807) is 11.8 Å². The lowest BCUT2D eigenvalue weighted by Gasteiger charge is -2.33. The standard InChI is InChI=1S/C14H30N2OS/c1-6-7-8-16-13(14(3,4)18-5)12(17)9-11(2)10-15/h11,13,16H,6-10,15H2,1-5H3. The summed E-state index contributed by atoms with van der Waals surface area (Å²) in [5.74, 6) is 0.564. The molecule has 0 aliphatic heterocycles. The lowest BCUT2D eigenvalue weighted by atomic mass is 9.92. The molecule has 0 fully saturated rings. The number of Topliss-reactive ketones (excluding diaryl/α,β-unsaturated/α-hetero) is 1. The van der Waals surface area contributed by atoms with Gasteiger partial charge in [0.15, 0.2) is 5.78 Å². The number of carbonyl (C=O) groups is 1. The SMILES string of the molecule is CCCCNC(C(=O)CC(C)CN)C(C)(C)SC. The molecule has 0 aromatic rings. The van der Waals surface area contributed by atoms with Crippen LogP contribution in [0.1, 0.15) is 47.0 Å². The van der Waals surface area contributed by atoms with Gasteiger partial charge in [-0.15, -0.1) is 0 Å². The molecule has 2 unspecified atom stereocenters. The second-order valence-electron chi connectivity index (χ2n) is 5.56. The highest BCUT2D eigenvalue weighted by molar-refractivity contribution is 8.00. The topological polar surface area (TPSA) is 55.1 Å². The van der Waals surface area contributed by atoms with Crippen LogP contribution in [0.5, 0.6) is 0 Å². The summed E-state index contributed by atoms with van der Waals surface area (Å²) in [5, 5.41) is 3.43. The normalized spacial score (nSPS) is 15.4. The van der Waals surface area contributed by atoms with Crippen molar-refractivity contribution >= 4 is 17.5 Å². The van der Waals surface area contributed by atoms with Crippen molar-refractivity contribution in [1.82, 2.24) is 5.32 Å². The van der Waals surface area contributed by atoms with Crippen LogP contribution in [0, 0.1) is 5.92 Å². The fraction of sp³-hybridized carbons (Fsp3) is 0.929. The molecule has 2 atom stereocenters. The number of hydrogen-bond acceptors (Lipinski definition) is 4. The first-order valence-electron chi connectivity index (χ1n) is 6.90. The number of nitrogens with one attached hydrogen (secondary N) is 1. The minimum absolute atomic E-state index is 0.0703. The maximum Gasteiger partial charge on any atom is 0.151 e. The lowest BCUT2D eigenvalue weighted by Crippen LogP contribution is -2.51. The third-order valence-corrected chi connectivity index (χ3v) is 4.66. The Kier molecular flexibility index (Phi) is 8.91. The van der Waals surface area contributed by atoms with Crippen molar-refractivity contribution in [3.8, 4) is 0 Å². The minimum Gasteiger partial charge on any atom is -0.330 e. The molecule has 0 saturated heterocycles. The zero-order chi connectivity index (χ0) is 14.2. The van der Waals surface area contributed by atoms with Crippen LogP contribution < -0.4 is 11.1 Å². The number of thioether (sulfide) groups is 1. The molecule has 0 bridgehead atoms. The first-order chi connectivity index (χ1) is 8.38. The Labute approximate surface area is 117 Å². The second kappa shape index (κ2) is 8.94. The van der Waals surface area contributed by atoms with Gasteiger partial charge in [0.25, 0.3) is 0 Å². The Morgan fingerprint density at radius 2 is 2.06 bits per heavy atom. The smallest absolute Gasteiger partial charge is 0.151 e. The van der Waals surface area contributed by atoms with Gasteiger partial charge in [0.1, 0.15) is 0 Å². The van der Waals surface area contributed by atoms with E-state index in [-0.39, 0.29) is 16.7 Å². The van der Waals surface area contributed by atoms with Gasteiger partial charge in [0.2, 0.25) is 0 Å². The number of unbranched alkanes of at least 4 members (excludes halogenated alkanes) is 1. The summed E-state index contributed by atoms with van der Waals surface area (Å²) in [4.78, 5) is 12.4. The van der Waals surface area contributed by atoms with Gasteiger partial charge in [-0.05, 0) is 45.5 Å². The molecule has 0 saturated carbocycles. The molecule has 3 nitrogen and oxygen atoms in total. The zero-order valence-electron chi connectivity index (χ0n) is 12.6. The van der Waals surface area contributed by atoms with E-state index in [2.05, 4.69) is 32.3 Å². The number of nitrogens with two attached hydrogens (primary N) is 1. The highest BCUT2D eigenvalue weighted by atomic mass is 32.2. The Balaban J connectivity index is 4.59. The third-order valence-electron chi connectivity index (χ3n) is 3.37. The summed E-state index contributed by atoms with van der Waals surface area (Å²) < 4.78 is -0.0703. The van der Waals surface area contributed by atoms with Gasteiger partial charge in [-0.25, -0.2) is 0 Å². The summed E-state index contributed by atoms with van der Waals surface area (Å²) in [6.45, 7) is 9.95. The summed E-state index contributed by atoms with van der Waals surface area (Å²) in [6.07, 6.45) is 4.89. The van der Waals surface area contributed by atoms with Gasteiger partial charge >= 0.3 is 0 Å². The van der Waals surface area contributed by atoms with Crippen LogP contribution in [0.15, 0.2) is 0 Å². The van der Waals surface area contributed by atoms with Gasteiger partial charge in [-0.3, -0.25) is 4.79 Å². The zero-order valence-corrected chi connectivity index (χ0v) is 13.4. The summed E-state index contributed by atoms with van der Waals surface area (Å²) in [6, 6.07) is -0.0759. The highest BCUT2D eigenvalue weighted by Gasteiger charge is 2.34. The molecule has 0 aromatic heterocycles. The average Bonchev–Trinajstić information content (AvgIpc) is 2.33. The Morgan fingerprint density at radius 3 is 2.50 bits per heavy atom. The van der Waals surface area contributed by atoms with E-state index in [0.29, 0.717) is 18.7 Å². The van der Waals surface area contributed by atoms with E-state index in [9.17, 15) is 4.79 Å². The molecule has 0 rings (SSSR count). The molecule has 3 N–H and O–H groups in total. The van der Waals surface area contributed by atoms with Crippen LogP contribution in [0.4, 0.5) is 0 Å². The molecule has 0 spiro atoms. The molecular formula is C14H30N2OS. The van der Waals surface area contributed by atoms with Crippen LogP contribution >= 0.6 is 11.8 Å². The molecule has 0 aromatic carbocycles. The number of rotatable bonds is 10. The predicted octanol–water partition coefficient (Wildman–Crippen LogP) is 2.44. The van der Waals surface area contributed by atoms with Crippen molar-refractivity contribution in [2.24, 2.45) is 11.7 Å². The van der Waals surface area contributed by atoms with Gasteiger partial charge in [0, 0.05) is 11.2 Å². The van der Waals surface area contributed by atoms with Crippen molar-refractivity contribution in [3.63, 3.8) is 0 Å². The van der Waals surface area contributed by atoms with Crippen molar-refractivity contribution in [2.75, 3.05) is 19.3 Å². The average molecular weight is 274 g/mol. The van der Waals surface area contributed by atoms with E-state index in [4.69, 9.17) is 5.73 Å². The van der Waals surface area contributed by atoms with Crippen LogP contribution in [-0.4, -0.2) is 35.9 Å². The van der Waals surface area contributed by atoms with Crippen LogP contribution in [-0.2, 0) is 4.79 Å². The lowest BCUT2D eigenvalue weighted by molar-refractivity contribution is -0.122. The quantitative estimate of drug-likeness (QED) is 0.601. The van der Waals surface area contributed by atoms with Crippen molar-refractivity contribution < 1.29 is 4.79 Å². The van der Waals surface area contributed by atoms with Gasteiger partial charge in [-0.1, -0.05) is 20.3 Å². The molecular weight excluding hydrogens is 244 g/mol. The Hall–Kier alpha value is -0.0600. The molecule has 4 heteroatoms. The van der Waals surface area contributed by atoms with Crippen LogP contribution in [0.3, 0.4) is 0 Å². The molecule has 0 aliphatic rings. The fourth-order valence-corrected chi connectivity index (χ4v) is 2.28. The molecule has 18 heavy (non-hydrogen) atoms. The highest BCUT2D eigenvalue weighted by Crippen LogP contribution is 2.27. The van der Waals surface area contributed by atoms with Crippen LogP contribution in [0.2, 0.25) is 0 Å². The molecule has 0 aliphatic carbocycles. The Morgan fingerprint density at radius 1 is 1.44 bits per heavy atom. The predicted molar refractivity (Wildman–Crippen MR) is 82.1 cm³/mol. The summed E-state index contributed by atoms with van der Waals surface area (Å²) in [7, 11) is 0. The monoisotopic (exact) mass is 274 g/mol. The maximum absolute atomic E-state index is 12.4.